The molecule has 0 fully saturated rings. The number of nitrogens with zero attached hydrogens (tertiary/aromatic N) is 1. The zero-order valence-corrected chi connectivity index (χ0v) is 14.4. The largest absolute Gasteiger partial charge is 0.432 e. The van der Waals surface area contributed by atoms with Crippen LogP contribution in [0.4, 0.5) is 5.69 Å². The summed E-state index contributed by atoms with van der Waals surface area (Å²) in [6.07, 6.45) is 1.83. The first-order valence-electron chi connectivity index (χ1n) is 6.44. The number of aryl methyl sites for hydroxylation is 1. The van der Waals surface area contributed by atoms with Crippen molar-refractivity contribution >= 4 is 57.7 Å². The summed E-state index contributed by atoms with van der Waals surface area (Å²) in [5.41, 5.74) is 3.72. The lowest BCUT2D eigenvalue weighted by Gasteiger charge is -2.27. The Kier molecular flexibility index (Phi) is 5.35. The van der Waals surface area contributed by atoms with E-state index in [1.54, 1.807) is 6.82 Å². The van der Waals surface area contributed by atoms with Crippen molar-refractivity contribution in [3.8, 4) is 0 Å². The highest BCUT2D eigenvalue weighted by molar-refractivity contribution is 14.1. The molecule has 104 valence electrons. The zero-order chi connectivity index (χ0) is 14.7. The summed E-state index contributed by atoms with van der Waals surface area (Å²) >= 11 is 7.96. The standard InChI is InChI=1S/C15H16BClINO/c1-11-10-14(19(16(2)20)9-5-8-17)15(18)13-7-4-3-6-12(11)13/h3-8,10,20H,9H2,1-2H3/b8-5+. The Labute approximate surface area is 138 Å². The third kappa shape index (κ3) is 3.13. The minimum Gasteiger partial charge on any atom is -0.432 e. The quantitative estimate of drug-likeness (QED) is 0.608. The van der Waals surface area contributed by atoms with Gasteiger partial charge >= 0.3 is 7.05 Å². The average molecular weight is 399 g/mol. The van der Waals surface area contributed by atoms with Crippen LogP contribution in [0.25, 0.3) is 10.8 Å². The van der Waals surface area contributed by atoms with Gasteiger partial charge in [-0.25, -0.2) is 0 Å². The Morgan fingerprint density at radius 1 is 1.35 bits per heavy atom. The van der Waals surface area contributed by atoms with Crippen LogP contribution in [0, 0.1) is 10.5 Å². The maximum absolute atomic E-state index is 10.0. The van der Waals surface area contributed by atoms with Crippen LogP contribution in [0.3, 0.4) is 0 Å². The molecule has 0 saturated carbocycles. The predicted octanol–water partition coefficient (Wildman–Crippen LogP) is 4.42. The van der Waals surface area contributed by atoms with E-state index in [0.717, 1.165) is 9.26 Å². The molecule has 2 aromatic carbocycles. The normalized spacial score (nSPS) is 11.2. The van der Waals surface area contributed by atoms with Crippen LogP contribution in [0.2, 0.25) is 6.82 Å². The van der Waals surface area contributed by atoms with E-state index in [9.17, 15) is 5.02 Å². The molecule has 2 rings (SSSR count). The Hall–Kier alpha value is -0.715. The van der Waals surface area contributed by atoms with Gasteiger partial charge in [-0.1, -0.05) is 41.9 Å². The summed E-state index contributed by atoms with van der Waals surface area (Å²) in [4.78, 5) is 1.93. The Morgan fingerprint density at radius 2 is 2.00 bits per heavy atom. The van der Waals surface area contributed by atoms with Gasteiger partial charge < -0.3 is 9.83 Å². The minimum atomic E-state index is -0.572. The molecule has 0 bridgehead atoms. The number of fused-ring (bicyclic) bond motifs is 1. The third-order valence-corrected chi connectivity index (χ3v) is 4.63. The van der Waals surface area contributed by atoms with Crippen LogP contribution >= 0.6 is 34.2 Å². The van der Waals surface area contributed by atoms with Gasteiger partial charge in [-0.3, -0.25) is 0 Å². The Bertz CT molecular complexity index is 645. The van der Waals surface area contributed by atoms with Gasteiger partial charge in [-0.15, -0.1) is 0 Å². The van der Waals surface area contributed by atoms with E-state index in [2.05, 4.69) is 47.7 Å². The van der Waals surface area contributed by atoms with Crippen molar-refractivity contribution in [2.45, 2.75) is 13.7 Å². The minimum absolute atomic E-state index is 0.572. The zero-order valence-electron chi connectivity index (χ0n) is 11.5. The molecule has 0 aliphatic rings. The first kappa shape index (κ1) is 15.7. The fourth-order valence-electron chi connectivity index (χ4n) is 2.32. The number of benzene rings is 2. The molecule has 0 aliphatic heterocycles. The van der Waals surface area contributed by atoms with Crippen molar-refractivity contribution in [3.05, 3.63) is 51.1 Å². The van der Waals surface area contributed by atoms with E-state index in [1.807, 2.05) is 23.0 Å². The summed E-state index contributed by atoms with van der Waals surface area (Å²) in [5, 5.41) is 12.5. The molecule has 0 saturated heterocycles. The van der Waals surface area contributed by atoms with Crippen LogP contribution in [0.1, 0.15) is 5.56 Å². The van der Waals surface area contributed by atoms with Gasteiger partial charge in [0.15, 0.2) is 0 Å². The van der Waals surface area contributed by atoms with Gasteiger partial charge in [-0.05, 0) is 58.7 Å². The molecule has 0 heterocycles. The predicted molar refractivity (Wildman–Crippen MR) is 97.6 cm³/mol. The molecule has 20 heavy (non-hydrogen) atoms. The van der Waals surface area contributed by atoms with Crippen LogP contribution in [-0.2, 0) is 0 Å². The lowest BCUT2D eigenvalue weighted by molar-refractivity contribution is 0.573. The van der Waals surface area contributed by atoms with Gasteiger partial charge in [0.05, 0.1) is 0 Å². The molecule has 0 radical (unpaired) electrons. The first-order chi connectivity index (χ1) is 9.56. The van der Waals surface area contributed by atoms with Crippen molar-refractivity contribution in [2.24, 2.45) is 0 Å². The fourth-order valence-corrected chi connectivity index (χ4v) is 3.33. The molecule has 0 amide bonds. The first-order valence-corrected chi connectivity index (χ1v) is 7.95. The lowest BCUT2D eigenvalue weighted by atomic mass is 9.83. The van der Waals surface area contributed by atoms with Crippen LogP contribution < -0.4 is 4.81 Å². The maximum atomic E-state index is 10.0. The second-order valence-electron chi connectivity index (χ2n) is 4.72. The van der Waals surface area contributed by atoms with Gasteiger partial charge in [0.25, 0.3) is 0 Å². The van der Waals surface area contributed by atoms with Crippen LogP contribution in [-0.4, -0.2) is 18.6 Å². The van der Waals surface area contributed by atoms with Crippen molar-refractivity contribution in [1.29, 1.82) is 0 Å². The molecule has 0 aromatic heterocycles. The molecule has 2 aromatic rings. The summed E-state index contributed by atoms with van der Waals surface area (Å²) in [6, 6.07) is 10.5. The molecule has 0 atom stereocenters. The van der Waals surface area contributed by atoms with E-state index in [0.29, 0.717) is 6.54 Å². The number of hydrogen-bond donors (Lipinski definition) is 1. The van der Waals surface area contributed by atoms with Crippen molar-refractivity contribution in [2.75, 3.05) is 11.4 Å². The van der Waals surface area contributed by atoms with Gasteiger partial charge in [0.2, 0.25) is 0 Å². The van der Waals surface area contributed by atoms with Crippen molar-refractivity contribution in [1.82, 2.24) is 0 Å². The highest BCUT2D eigenvalue weighted by atomic mass is 127. The number of hydrogen-bond acceptors (Lipinski definition) is 2. The summed E-state index contributed by atoms with van der Waals surface area (Å²) in [5.74, 6) is 0. The van der Waals surface area contributed by atoms with E-state index in [1.165, 1.54) is 21.9 Å². The topological polar surface area (TPSA) is 23.5 Å². The molecule has 0 spiro atoms. The van der Waals surface area contributed by atoms with Crippen LogP contribution in [0.5, 0.6) is 0 Å². The van der Waals surface area contributed by atoms with Crippen LogP contribution in [0.15, 0.2) is 41.9 Å². The van der Waals surface area contributed by atoms with E-state index in [-0.39, 0.29) is 0 Å². The van der Waals surface area contributed by atoms with E-state index in [4.69, 9.17) is 11.6 Å². The van der Waals surface area contributed by atoms with Gasteiger partial charge in [-0.2, -0.15) is 0 Å². The van der Waals surface area contributed by atoms with Gasteiger partial charge in [0, 0.05) is 21.3 Å². The van der Waals surface area contributed by atoms with Crippen molar-refractivity contribution < 1.29 is 5.02 Å². The smallest absolute Gasteiger partial charge is 0.409 e. The second kappa shape index (κ2) is 6.83. The van der Waals surface area contributed by atoms with E-state index < -0.39 is 7.05 Å². The van der Waals surface area contributed by atoms with E-state index >= 15 is 0 Å². The molecular weight excluding hydrogens is 383 g/mol. The maximum Gasteiger partial charge on any atom is 0.409 e. The third-order valence-electron chi connectivity index (χ3n) is 3.32. The summed E-state index contributed by atoms with van der Waals surface area (Å²) in [7, 11) is -0.572. The Balaban J connectivity index is 2.60. The molecule has 1 N–H and O–H groups in total. The monoisotopic (exact) mass is 399 g/mol. The number of halogens is 2. The Morgan fingerprint density at radius 3 is 2.60 bits per heavy atom. The van der Waals surface area contributed by atoms with Crippen molar-refractivity contribution in [3.63, 3.8) is 0 Å². The SMILES string of the molecule is CB(O)N(C/C=C/Cl)c1cc(C)c2ccccc2c1I. The molecular formula is C15H16BClINO. The summed E-state index contributed by atoms with van der Waals surface area (Å²) in [6.45, 7) is 4.44. The van der Waals surface area contributed by atoms with Gasteiger partial charge in [0.1, 0.15) is 0 Å². The summed E-state index contributed by atoms with van der Waals surface area (Å²) < 4.78 is 1.15. The average Bonchev–Trinajstić information content (AvgIpc) is 2.44. The number of rotatable bonds is 4. The molecule has 0 unspecified atom stereocenters. The molecule has 0 aliphatic carbocycles. The lowest BCUT2D eigenvalue weighted by Crippen LogP contribution is -2.37. The molecule has 5 heteroatoms. The molecule has 2 nitrogen and oxygen atoms in total. The second-order valence-corrected chi connectivity index (χ2v) is 6.05. The fraction of sp³-hybridized carbons (Fsp3) is 0.200. The number of anilines is 1. The highest BCUT2D eigenvalue weighted by Crippen LogP contribution is 2.33. The highest BCUT2D eigenvalue weighted by Gasteiger charge is 2.20.